The van der Waals surface area contributed by atoms with Gasteiger partial charge in [-0.2, -0.15) is 0 Å². The minimum absolute atomic E-state index is 0.143. The second-order valence-electron chi connectivity index (χ2n) is 5.29. The van der Waals surface area contributed by atoms with Gasteiger partial charge in [-0.05, 0) is 50.1 Å². The van der Waals surface area contributed by atoms with Gasteiger partial charge in [-0.15, -0.1) is 0 Å². The molecule has 0 aromatic heterocycles. The molecule has 2 rings (SSSR count). The number of benzene rings is 2. The molecule has 2 aromatic carbocycles. The maximum absolute atomic E-state index is 12.5. The Labute approximate surface area is 126 Å². The molecule has 3 N–H and O–H groups in total. The molecule has 0 saturated heterocycles. The lowest BCUT2D eigenvalue weighted by Gasteiger charge is -2.13. The zero-order chi connectivity index (χ0) is 15.6. The van der Waals surface area contributed by atoms with E-state index in [1.165, 1.54) is 0 Å². The molecule has 2 aromatic rings. The van der Waals surface area contributed by atoms with Crippen LogP contribution in [-0.4, -0.2) is 8.42 Å². The molecule has 1 atom stereocenters. The summed E-state index contributed by atoms with van der Waals surface area (Å²) < 4.78 is 27.6. The molecule has 112 valence electrons. The Morgan fingerprint density at radius 1 is 1.10 bits per heavy atom. The van der Waals surface area contributed by atoms with Crippen molar-refractivity contribution in [2.45, 2.75) is 31.7 Å². The van der Waals surface area contributed by atoms with Crippen LogP contribution in [0, 0.1) is 13.8 Å². The van der Waals surface area contributed by atoms with E-state index in [2.05, 4.69) is 4.72 Å². The van der Waals surface area contributed by atoms with E-state index in [1.807, 2.05) is 26.0 Å². The maximum Gasteiger partial charge on any atom is 0.262 e. The predicted molar refractivity (Wildman–Crippen MR) is 85.8 cm³/mol. The van der Waals surface area contributed by atoms with Crippen LogP contribution in [0.15, 0.2) is 47.4 Å². The third-order valence-electron chi connectivity index (χ3n) is 3.28. The van der Waals surface area contributed by atoms with Crippen LogP contribution < -0.4 is 10.5 Å². The molecule has 0 spiro atoms. The first kappa shape index (κ1) is 15.5. The average molecular weight is 304 g/mol. The average Bonchev–Trinajstić information content (AvgIpc) is 2.37. The number of nitrogens with two attached hydrogens (primary N) is 1. The summed E-state index contributed by atoms with van der Waals surface area (Å²) in [6.45, 7) is 5.58. The number of aryl methyl sites for hydroxylation is 2. The van der Waals surface area contributed by atoms with Crippen molar-refractivity contribution in [1.82, 2.24) is 0 Å². The van der Waals surface area contributed by atoms with Crippen molar-refractivity contribution in [3.05, 3.63) is 59.2 Å². The Morgan fingerprint density at radius 2 is 1.81 bits per heavy atom. The molecule has 0 radical (unpaired) electrons. The monoisotopic (exact) mass is 304 g/mol. The zero-order valence-corrected chi connectivity index (χ0v) is 13.2. The number of hydrogen-bond acceptors (Lipinski definition) is 3. The van der Waals surface area contributed by atoms with Crippen LogP contribution in [0.25, 0.3) is 0 Å². The van der Waals surface area contributed by atoms with Gasteiger partial charge in [0.2, 0.25) is 0 Å². The third kappa shape index (κ3) is 3.62. The van der Waals surface area contributed by atoms with Crippen molar-refractivity contribution in [1.29, 1.82) is 0 Å². The van der Waals surface area contributed by atoms with Crippen molar-refractivity contribution < 1.29 is 8.42 Å². The van der Waals surface area contributed by atoms with E-state index in [0.717, 1.165) is 16.7 Å². The highest BCUT2D eigenvalue weighted by atomic mass is 32.2. The molecule has 0 amide bonds. The number of rotatable bonds is 4. The first-order chi connectivity index (χ1) is 9.79. The van der Waals surface area contributed by atoms with Crippen molar-refractivity contribution in [2.75, 3.05) is 4.72 Å². The van der Waals surface area contributed by atoms with Gasteiger partial charge >= 0.3 is 0 Å². The van der Waals surface area contributed by atoms with Gasteiger partial charge in [0, 0.05) is 11.7 Å². The van der Waals surface area contributed by atoms with Gasteiger partial charge < -0.3 is 5.73 Å². The third-order valence-corrected chi connectivity index (χ3v) is 4.83. The minimum atomic E-state index is -3.59. The second kappa shape index (κ2) is 5.87. The lowest BCUT2D eigenvalue weighted by molar-refractivity contribution is 0.600. The summed E-state index contributed by atoms with van der Waals surface area (Å²) in [4.78, 5) is 0.291. The zero-order valence-electron chi connectivity index (χ0n) is 12.4. The summed E-state index contributed by atoms with van der Waals surface area (Å²) in [5.74, 6) is 0. The lowest BCUT2D eigenvalue weighted by Crippen LogP contribution is -2.15. The van der Waals surface area contributed by atoms with E-state index in [4.69, 9.17) is 5.73 Å². The van der Waals surface area contributed by atoms with Gasteiger partial charge in [-0.25, -0.2) is 8.42 Å². The largest absolute Gasteiger partial charge is 0.324 e. The number of nitrogens with one attached hydrogen (secondary N) is 1. The van der Waals surface area contributed by atoms with Crippen LogP contribution in [0.4, 0.5) is 5.69 Å². The fourth-order valence-electron chi connectivity index (χ4n) is 2.20. The Kier molecular flexibility index (Phi) is 4.34. The molecule has 0 saturated carbocycles. The summed E-state index contributed by atoms with van der Waals surface area (Å²) >= 11 is 0. The smallest absolute Gasteiger partial charge is 0.262 e. The molecule has 0 heterocycles. The number of hydrogen-bond donors (Lipinski definition) is 2. The highest BCUT2D eigenvalue weighted by Crippen LogP contribution is 2.22. The van der Waals surface area contributed by atoms with Gasteiger partial charge in [-0.3, -0.25) is 4.72 Å². The van der Waals surface area contributed by atoms with Gasteiger partial charge in [-0.1, -0.05) is 29.8 Å². The quantitative estimate of drug-likeness (QED) is 0.911. The Hall–Kier alpha value is -1.85. The Bertz CT molecular complexity index is 753. The van der Waals surface area contributed by atoms with E-state index >= 15 is 0 Å². The van der Waals surface area contributed by atoms with Crippen molar-refractivity contribution in [3.8, 4) is 0 Å². The van der Waals surface area contributed by atoms with E-state index in [0.29, 0.717) is 10.6 Å². The van der Waals surface area contributed by atoms with Gasteiger partial charge in [0.1, 0.15) is 0 Å². The molecule has 5 heteroatoms. The summed E-state index contributed by atoms with van der Waals surface area (Å²) in [7, 11) is -3.59. The summed E-state index contributed by atoms with van der Waals surface area (Å²) in [6, 6.07) is 12.3. The predicted octanol–water partition coefficient (Wildman–Crippen LogP) is 3.12. The fourth-order valence-corrected chi connectivity index (χ4v) is 3.47. The lowest BCUT2D eigenvalue weighted by atomic mass is 10.1. The molecule has 1 unspecified atom stereocenters. The van der Waals surface area contributed by atoms with E-state index in [9.17, 15) is 8.42 Å². The first-order valence-corrected chi connectivity index (χ1v) is 8.23. The molecular weight excluding hydrogens is 284 g/mol. The van der Waals surface area contributed by atoms with E-state index < -0.39 is 10.0 Å². The van der Waals surface area contributed by atoms with Gasteiger partial charge in [0.05, 0.1) is 4.90 Å². The normalized spacial score (nSPS) is 13.0. The highest BCUT2D eigenvalue weighted by Gasteiger charge is 2.17. The van der Waals surface area contributed by atoms with Crippen molar-refractivity contribution in [3.63, 3.8) is 0 Å². The van der Waals surface area contributed by atoms with E-state index in [-0.39, 0.29) is 6.04 Å². The molecule has 0 aliphatic carbocycles. The summed E-state index contributed by atoms with van der Waals surface area (Å²) in [6.07, 6.45) is 0. The molecule has 0 aliphatic heterocycles. The standard InChI is InChI=1S/C16H20N2O2S/c1-11-7-8-16(12(2)9-11)21(19,20)18-15-6-4-5-14(10-15)13(3)17/h4-10,13,18H,17H2,1-3H3. The van der Waals surface area contributed by atoms with Gasteiger partial charge in [0.25, 0.3) is 10.0 Å². The van der Waals surface area contributed by atoms with Crippen LogP contribution in [0.2, 0.25) is 0 Å². The van der Waals surface area contributed by atoms with Crippen LogP contribution in [-0.2, 0) is 10.0 Å². The van der Waals surface area contributed by atoms with Crippen LogP contribution in [0.3, 0.4) is 0 Å². The molecule has 21 heavy (non-hydrogen) atoms. The number of sulfonamides is 1. The van der Waals surface area contributed by atoms with Crippen LogP contribution >= 0.6 is 0 Å². The van der Waals surface area contributed by atoms with Gasteiger partial charge in [0.15, 0.2) is 0 Å². The second-order valence-corrected chi connectivity index (χ2v) is 6.94. The Balaban J connectivity index is 2.35. The van der Waals surface area contributed by atoms with Crippen LogP contribution in [0.1, 0.15) is 29.7 Å². The number of anilines is 1. The fraction of sp³-hybridized carbons (Fsp3) is 0.250. The van der Waals surface area contributed by atoms with Crippen molar-refractivity contribution in [2.24, 2.45) is 5.73 Å². The van der Waals surface area contributed by atoms with Crippen LogP contribution in [0.5, 0.6) is 0 Å². The molecule has 0 fully saturated rings. The first-order valence-electron chi connectivity index (χ1n) is 6.75. The maximum atomic E-state index is 12.5. The Morgan fingerprint density at radius 3 is 2.43 bits per heavy atom. The molecule has 0 bridgehead atoms. The molecular formula is C16H20N2O2S. The SMILES string of the molecule is Cc1ccc(S(=O)(=O)Nc2cccc(C(C)N)c2)c(C)c1. The van der Waals surface area contributed by atoms with Crippen molar-refractivity contribution >= 4 is 15.7 Å². The summed E-state index contributed by atoms with van der Waals surface area (Å²) in [5.41, 5.74) is 8.98. The highest BCUT2D eigenvalue weighted by molar-refractivity contribution is 7.92. The summed E-state index contributed by atoms with van der Waals surface area (Å²) in [5, 5.41) is 0. The molecule has 0 aliphatic rings. The topological polar surface area (TPSA) is 72.2 Å². The minimum Gasteiger partial charge on any atom is -0.324 e. The van der Waals surface area contributed by atoms with E-state index in [1.54, 1.807) is 37.3 Å². The molecule has 4 nitrogen and oxygen atoms in total.